The van der Waals surface area contributed by atoms with E-state index < -0.39 is 0 Å². The Balaban J connectivity index is 2.58. The van der Waals surface area contributed by atoms with Crippen molar-refractivity contribution in [3.05, 3.63) is 41.2 Å². The molecule has 0 saturated heterocycles. The summed E-state index contributed by atoms with van der Waals surface area (Å²) in [5, 5.41) is 8.77. The van der Waals surface area contributed by atoms with Gasteiger partial charge in [-0.15, -0.1) is 0 Å². The molecule has 0 aliphatic heterocycles. The van der Waals surface area contributed by atoms with E-state index in [4.69, 9.17) is 5.26 Å². The van der Waals surface area contributed by atoms with Gasteiger partial charge in [0.1, 0.15) is 5.82 Å². The van der Waals surface area contributed by atoms with Gasteiger partial charge >= 0.3 is 0 Å². The SMILES string of the molecule is Cc1ccccc1-c1nc(CC#N)c(C)n1C. The zero-order chi connectivity index (χ0) is 12.4. The normalized spacial score (nSPS) is 10.2. The smallest absolute Gasteiger partial charge is 0.140 e. The number of hydrogen-bond donors (Lipinski definition) is 0. The van der Waals surface area contributed by atoms with Gasteiger partial charge in [-0.2, -0.15) is 5.26 Å². The molecule has 0 fully saturated rings. The molecule has 0 amide bonds. The van der Waals surface area contributed by atoms with Gasteiger partial charge in [0.15, 0.2) is 0 Å². The predicted octanol–water partition coefficient (Wildman–Crippen LogP) is 2.77. The van der Waals surface area contributed by atoms with Gasteiger partial charge in [0, 0.05) is 18.3 Å². The molecule has 1 heterocycles. The number of rotatable bonds is 2. The lowest BCUT2D eigenvalue weighted by Gasteiger charge is -2.05. The minimum atomic E-state index is 0.367. The van der Waals surface area contributed by atoms with Gasteiger partial charge in [0.2, 0.25) is 0 Å². The molecule has 17 heavy (non-hydrogen) atoms. The van der Waals surface area contributed by atoms with Crippen molar-refractivity contribution in [3.63, 3.8) is 0 Å². The second-order valence-electron chi connectivity index (χ2n) is 4.18. The molecule has 3 nitrogen and oxygen atoms in total. The molecule has 0 saturated carbocycles. The molecule has 0 unspecified atom stereocenters. The van der Waals surface area contributed by atoms with Crippen molar-refractivity contribution < 1.29 is 0 Å². The van der Waals surface area contributed by atoms with Crippen LogP contribution >= 0.6 is 0 Å². The van der Waals surface area contributed by atoms with Crippen LogP contribution in [-0.2, 0) is 13.5 Å². The average Bonchev–Trinajstić information content (AvgIpc) is 2.59. The van der Waals surface area contributed by atoms with Crippen molar-refractivity contribution in [2.75, 3.05) is 0 Å². The lowest BCUT2D eigenvalue weighted by molar-refractivity contribution is 0.878. The third-order valence-corrected chi connectivity index (χ3v) is 3.11. The second-order valence-corrected chi connectivity index (χ2v) is 4.18. The molecule has 0 atom stereocenters. The third kappa shape index (κ3) is 1.94. The summed E-state index contributed by atoms with van der Waals surface area (Å²) in [6.45, 7) is 4.07. The summed E-state index contributed by atoms with van der Waals surface area (Å²) in [7, 11) is 1.99. The minimum absolute atomic E-state index is 0.367. The molecular formula is C14H15N3. The van der Waals surface area contributed by atoms with E-state index in [-0.39, 0.29) is 0 Å². The number of nitrogens with zero attached hydrogens (tertiary/aromatic N) is 3. The largest absolute Gasteiger partial charge is 0.331 e. The van der Waals surface area contributed by atoms with Crippen LogP contribution in [0.25, 0.3) is 11.4 Å². The summed E-state index contributed by atoms with van der Waals surface area (Å²) in [4.78, 5) is 4.57. The molecule has 2 rings (SSSR count). The molecule has 86 valence electrons. The predicted molar refractivity (Wildman–Crippen MR) is 67.4 cm³/mol. The number of benzene rings is 1. The van der Waals surface area contributed by atoms with Crippen molar-refractivity contribution in [1.82, 2.24) is 9.55 Å². The van der Waals surface area contributed by atoms with Crippen LogP contribution in [-0.4, -0.2) is 9.55 Å². The molecule has 0 N–H and O–H groups in total. The fourth-order valence-corrected chi connectivity index (χ4v) is 1.94. The van der Waals surface area contributed by atoms with E-state index in [1.54, 1.807) is 0 Å². The van der Waals surface area contributed by atoms with Gasteiger partial charge in [-0.25, -0.2) is 4.98 Å². The lowest BCUT2D eigenvalue weighted by Crippen LogP contribution is -1.96. The molecule has 1 aromatic heterocycles. The van der Waals surface area contributed by atoms with Gasteiger partial charge in [-0.3, -0.25) is 0 Å². The standard InChI is InChI=1S/C14H15N3/c1-10-6-4-5-7-12(10)14-16-13(8-9-15)11(2)17(14)3/h4-7H,8H2,1-3H3. The van der Waals surface area contributed by atoms with Crippen LogP contribution in [0.5, 0.6) is 0 Å². The van der Waals surface area contributed by atoms with Crippen molar-refractivity contribution in [2.45, 2.75) is 20.3 Å². The van der Waals surface area contributed by atoms with Crippen molar-refractivity contribution in [3.8, 4) is 17.5 Å². The summed E-state index contributed by atoms with van der Waals surface area (Å²) in [5.41, 5.74) is 4.25. The first-order valence-electron chi connectivity index (χ1n) is 5.60. The summed E-state index contributed by atoms with van der Waals surface area (Å²) < 4.78 is 2.05. The minimum Gasteiger partial charge on any atom is -0.331 e. The molecule has 0 aliphatic rings. The van der Waals surface area contributed by atoms with Gasteiger partial charge in [-0.05, 0) is 19.4 Å². The van der Waals surface area contributed by atoms with E-state index in [0.717, 1.165) is 22.8 Å². The maximum Gasteiger partial charge on any atom is 0.140 e. The van der Waals surface area contributed by atoms with Gasteiger partial charge in [-0.1, -0.05) is 24.3 Å². The Morgan fingerprint density at radius 2 is 2.00 bits per heavy atom. The Morgan fingerprint density at radius 1 is 1.29 bits per heavy atom. The summed E-state index contributed by atoms with van der Waals surface area (Å²) >= 11 is 0. The first kappa shape index (κ1) is 11.4. The fourth-order valence-electron chi connectivity index (χ4n) is 1.94. The Hall–Kier alpha value is -2.08. The highest BCUT2D eigenvalue weighted by Gasteiger charge is 2.13. The molecule has 2 aromatic rings. The number of aryl methyl sites for hydroxylation is 1. The van der Waals surface area contributed by atoms with Crippen LogP contribution in [0, 0.1) is 25.2 Å². The van der Waals surface area contributed by atoms with E-state index in [2.05, 4.69) is 34.7 Å². The van der Waals surface area contributed by atoms with E-state index in [1.165, 1.54) is 5.56 Å². The molecule has 3 heteroatoms. The van der Waals surface area contributed by atoms with E-state index in [1.807, 2.05) is 26.1 Å². The van der Waals surface area contributed by atoms with Crippen molar-refractivity contribution in [2.24, 2.45) is 7.05 Å². The van der Waals surface area contributed by atoms with Gasteiger partial charge in [0.25, 0.3) is 0 Å². The molecule has 0 radical (unpaired) electrons. The first-order chi connectivity index (χ1) is 8.15. The summed E-state index contributed by atoms with van der Waals surface area (Å²) in [6.07, 6.45) is 0.367. The van der Waals surface area contributed by atoms with Crippen LogP contribution in [0.2, 0.25) is 0 Å². The van der Waals surface area contributed by atoms with Gasteiger partial charge in [0.05, 0.1) is 18.2 Å². The Kier molecular flexibility index (Phi) is 2.97. The average molecular weight is 225 g/mol. The molecule has 0 spiro atoms. The summed E-state index contributed by atoms with van der Waals surface area (Å²) in [6, 6.07) is 10.3. The third-order valence-electron chi connectivity index (χ3n) is 3.11. The zero-order valence-corrected chi connectivity index (χ0v) is 10.4. The zero-order valence-electron chi connectivity index (χ0n) is 10.4. The Bertz CT molecular complexity index is 588. The van der Waals surface area contributed by atoms with Crippen LogP contribution in [0.15, 0.2) is 24.3 Å². The monoisotopic (exact) mass is 225 g/mol. The quantitative estimate of drug-likeness (QED) is 0.788. The van der Waals surface area contributed by atoms with Crippen LogP contribution in [0.4, 0.5) is 0 Å². The summed E-state index contributed by atoms with van der Waals surface area (Å²) in [5.74, 6) is 0.936. The van der Waals surface area contributed by atoms with E-state index in [9.17, 15) is 0 Å². The van der Waals surface area contributed by atoms with Gasteiger partial charge < -0.3 is 4.57 Å². The topological polar surface area (TPSA) is 41.6 Å². The Morgan fingerprint density at radius 3 is 2.65 bits per heavy atom. The maximum absolute atomic E-state index is 8.77. The first-order valence-corrected chi connectivity index (χ1v) is 5.60. The van der Waals surface area contributed by atoms with E-state index >= 15 is 0 Å². The fraction of sp³-hybridized carbons (Fsp3) is 0.286. The van der Waals surface area contributed by atoms with Crippen molar-refractivity contribution >= 4 is 0 Å². The van der Waals surface area contributed by atoms with E-state index in [0.29, 0.717) is 6.42 Å². The van der Waals surface area contributed by atoms with Crippen LogP contribution in [0.1, 0.15) is 17.0 Å². The lowest BCUT2D eigenvalue weighted by atomic mass is 10.1. The maximum atomic E-state index is 8.77. The molecule has 1 aromatic carbocycles. The number of aromatic nitrogens is 2. The number of imidazole rings is 1. The van der Waals surface area contributed by atoms with Crippen LogP contribution in [0.3, 0.4) is 0 Å². The Labute approximate surface area is 101 Å². The highest BCUT2D eigenvalue weighted by Crippen LogP contribution is 2.24. The highest BCUT2D eigenvalue weighted by atomic mass is 15.1. The van der Waals surface area contributed by atoms with Crippen LogP contribution < -0.4 is 0 Å². The molecule has 0 aliphatic carbocycles. The number of hydrogen-bond acceptors (Lipinski definition) is 2. The molecule has 0 bridgehead atoms. The van der Waals surface area contributed by atoms with Crippen molar-refractivity contribution in [1.29, 1.82) is 5.26 Å². The molecular weight excluding hydrogens is 210 g/mol. The highest BCUT2D eigenvalue weighted by molar-refractivity contribution is 5.61. The second kappa shape index (κ2) is 4.42. The number of nitriles is 1.